The zero-order chi connectivity index (χ0) is 13.8. The van der Waals surface area contributed by atoms with Crippen LogP contribution in [0.4, 0.5) is 0 Å². The molecule has 0 bridgehead atoms. The quantitative estimate of drug-likeness (QED) is 0.814. The average Bonchev–Trinajstić information content (AvgIpc) is 2.37. The Bertz CT molecular complexity index is 488. The number of hydrogen-bond acceptors (Lipinski definition) is 1. The van der Waals surface area contributed by atoms with E-state index < -0.39 is 0 Å². The molecule has 0 saturated carbocycles. The van der Waals surface area contributed by atoms with Crippen molar-refractivity contribution < 1.29 is 0 Å². The summed E-state index contributed by atoms with van der Waals surface area (Å²) in [5.74, 6) is 0.364. The molecule has 2 rings (SSSR count). The Labute approximate surface area is 121 Å². The third-order valence-corrected chi connectivity index (χ3v) is 4.01. The van der Waals surface area contributed by atoms with Crippen LogP contribution >= 0.6 is 11.6 Å². The van der Waals surface area contributed by atoms with Gasteiger partial charge in [0.2, 0.25) is 0 Å². The van der Waals surface area contributed by atoms with Crippen LogP contribution in [0.1, 0.15) is 36.8 Å². The van der Waals surface area contributed by atoms with Crippen molar-refractivity contribution in [2.45, 2.75) is 44.0 Å². The molecule has 102 valence electrons. The SMILES string of the molecule is Cc1cccc(C(CC2=CCC(Cl)C=C2)C(C)N)c1. The lowest BCUT2D eigenvalue weighted by atomic mass is 9.85. The van der Waals surface area contributed by atoms with Crippen LogP contribution < -0.4 is 5.73 Å². The van der Waals surface area contributed by atoms with E-state index >= 15 is 0 Å². The summed E-state index contributed by atoms with van der Waals surface area (Å²) < 4.78 is 0. The number of allylic oxidation sites excluding steroid dienone is 4. The van der Waals surface area contributed by atoms with Gasteiger partial charge in [0, 0.05) is 12.0 Å². The second kappa shape index (κ2) is 6.40. The summed E-state index contributed by atoms with van der Waals surface area (Å²) in [6.07, 6.45) is 8.37. The van der Waals surface area contributed by atoms with Crippen molar-refractivity contribution in [3.05, 3.63) is 59.2 Å². The highest BCUT2D eigenvalue weighted by molar-refractivity contribution is 6.22. The maximum absolute atomic E-state index is 6.19. The Morgan fingerprint density at radius 2 is 2.21 bits per heavy atom. The Hall–Kier alpha value is -1.05. The smallest absolute Gasteiger partial charge is 0.0553 e. The maximum Gasteiger partial charge on any atom is 0.0553 e. The molecule has 19 heavy (non-hydrogen) atoms. The van der Waals surface area contributed by atoms with Gasteiger partial charge in [-0.3, -0.25) is 0 Å². The van der Waals surface area contributed by atoms with E-state index in [9.17, 15) is 0 Å². The fourth-order valence-corrected chi connectivity index (χ4v) is 2.71. The molecule has 1 aliphatic rings. The molecule has 0 spiro atoms. The fourth-order valence-electron chi connectivity index (χ4n) is 2.55. The van der Waals surface area contributed by atoms with Crippen LogP contribution in [-0.4, -0.2) is 11.4 Å². The summed E-state index contributed by atoms with van der Waals surface area (Å²) in [6, 6.07) is 8.80. The van der Waals surface area contributed by atoms with Crippen molar-refractivity contribution in [1.29, 1.82) is 0 Å². The van der Waals surface area contributed by atoms with Crippen LogP contribution in [0.15, 0.2) is 48.1 Å². The molecule has 1 nitrogen and oxygen atoms in total. The van der Waals surface area contributed by atoms with Gasteiger partial charge in [0.05, 0.1) is 5.38 Å². The van der Waals surface area contributed by atoms with Gasteiger partial charge in [-0.2, -0.15) is 0 Å². The number of nitrogens with two attached hydrogens (primary N) is 1. The van der Waals surface area contributed by atoms with E-state index in [0.29, 0.717) is 5.92 Å². The lowest BCUT2D eigenvalue weighted by molar-refractivity contribution is 0.565. The van der Waals surface area contributed by atoms with Gasteiger partial charge in [-0.1, -0.05) is 53.6 Å². The highest BCUT2D eigenvalue weighted by Gasteiger charge is 2.18. The molecule has 0 saturated heterocycles. The highest BCUT2D eigenvalue weighted by atomic mass is 35.5. The van der Waals surface area contributed by atoms with Crippen LogP contribution in [0.25, 0.3) is 0 Å². The van der Waals surface area contributed by atoms with Crippen molar-refractivity contribution >= 4 is 11.6 Å². The van der Waals surface area contributed by atoms with Crippen molar-refractivity contribution in [3.63, 3.8) is 0 Å². The average molecular weight is 276 g/mol. The van der Waals surface area contributed by atoms with Gasteiger partial charge in [-0.05, 0) is 32.3 Å². The topological polar surface area (TPSA) is 26.0 Å². The minimum atomic E-state index is 0.143. The van der Waals surface area contributed by atoms with Crippen LogP contribution in [0.5, 0.6) is 0 Å². The molecule has 3 atom stereocenters. The molecule has 0 radical (unpaired) electrons. The van der Waals surface area contributed by atoms with E-state index in [1.165, 1.54) is 16.7 Å². The van der Waals surface area contributed by atoms with Crippen molar-refractivity contribution in [2.24, 2.45) is 5.73 Å². The maximum atomic E-state index is 6.19. The molecule has 3 unspecified atom stereocenters. The van der Waals surface area contributed by atoms with E-state index in [1.54, 1.807) is 0 Å². The highest BCUT2D eigenvalue weighted by Crippen LogP contribution is 2.29. The van der Waals surface area contributed by atoms with Crippen molar-refractivity contribution in [1.82, 2.24) is 0 Å². The van der Waals surface area contributed by atoms with Crippen LogP contribution in [-0.2, 0) is 0 Å². The van der Waals surface area contributed by atoms with E-state index in [-0.39, 0.29) is 11.4 Å². The Morgan fingerprint density at radius 3 is 2.79 bits per heavy atom. The Morgan fingerprint density at radius 1 is 1.42 bits per heavy atom. The first kappa shape index (κ1) is 14.4. The molecule has 2 N–H and O–H groups in total. The van der Waals surface area contributed by atoms with Crippen LogP contribution in [0.3, 0.4) is 0 Å². The molecule has 0 heterocycles. The van der Waals surface area contributed by atoms with E-state index in [4.69, 9.17) is 17.3 Å². The van der Waals surface area contributed by atoms with Crippen molar-refractivity contribution in [3.8, 4) is 0 Å². The number of benzene rings is 1. The van der Waals surface area contributed by atoms with Gasteiger partial charge < -0.3 is 5.73 Å². The lowest BCUT2D eigenvalue weighted by Crippen LogP contribution is -2.25. The Kier molecular flexibility index (Phi) is 4.84. The normalized spacial score (nSPS) is 21.9. The van der Waals surface area contributed by atoms with Gasteiger partial charge in [0.1, 0.15) is 0 Å². The summed E-state index contributed by atoms with van der Waals surface area (Å²) in [7, 11) is 0. The third kappa shape index (κ3) is 3.95. The molecule has 0 fully saturated rings. The predicted octanol–water partition coefficient (Wildman–Crippen LogP) is 4.31. The molecular weight excluding hydrogens is 254 g/mol. The number of halogens is 1. The molecule has 1 aromatic carbocycles. The molecule has 0 aromatic heterocycles. The number of alkyl halides is 1. The third-order valence-electron chi connectivity index (χ3n) is 3.68. The predicted molar refractivity (Wildman–Crippen MR) is 83.7 cm³/mol. The number of hydrogen-bond donors (Lipinski definition) is 1. The van der Waals surface area contributed by atoms with Crippen LogP contribution in [0.2, 0.25) is 0 Å². The first-order valence-electron chi connectivity index (χ1n) is 6.89. The molecule has 2 heteroatoms. The van der Waals surface area contributed by atoms with Crippen molar-refractivity contribution in [2.75, 3.05) is 0 Å². The second-order valence-electron chi connectivity index (χ2n) is 5.47. The van der Waals surface area contributed by atoms with Gasteiger partial charge in [0.15, 0.2) is 0 Å². The second-order valence-corrected chi connectivity index (χ2v) is 6.03. The monoisotopic (exact) mass is 275 g/mol. The molecule has 1 aromatic rings. The van der Waals surface area contributed by atoms with E-state index in [0.717, 1.165) is 12.8 Å². The minimum absolute atomic E-state index is 0.143. The van der Waals surface area contributed by atoms with Gasteiger partial charge in [-0.15, -0.1) is 11.6 Å². The van der Waals surface area contributed by atoms with E-state index in [1.807, 2.05) is 0 Å². The first-order valence-corrected chi connectivity index (χ1v) is 7.33. The molecule has 1 aliphatic carbocycles. The molecular formula is C17H22ClN. The number of aryl methyl sites for hydroxylation is 1. The van der Waals surface area contributed by atoms with Gasteiger partial charge in [0.25, 0.3) is 0 Å². The Balaban J connectivity index is 2.16. The molecule has 0 amide bonds. The molecule has 0 aliphatic heterocycles. The summed E-state index contributed by atoms with van der Waals surface area (Å²) in [6.45, 7) is 4.21. The standard InChI is InChI=1S/C17H22ClN/c1-12-4-3-5-15(10-12)17(13(2)19)11-14-6-8-16(18)9-7-14/h3-8,10,13,16-17H,9,11,19H2,1-2H3. The van der Waals surface area contributed by atoms with E-state index in [2.05, 4.69) is 56.3 Å². The van der Waals surface area contributed by atoms with Gasteiger partial charge in [-0.25, -0.2) is 0 Å². The zero-order valence-electron chi connectivity index (χ0n) is 11.6. The summed E-state index contributed by atoms with van der Waals surface area (Å²) in [5.41, 5.74) is 10.2. The largest absolute Gasteiger partial charge is 0.327 e. The lowest BCUT2D eigenvalue weighted by Gasteiger charge is -2.23. The zero-order valence-corrected chi connectivity index (χ0v) is 12.4. The fraction of sp³-hybridized carbons (Fsp3) is 0.412. The summed E-state index contributed by atoms with van der Waals surface area (Å²) >= 11 is 6.06. The minimum Gasteiger partial charge on any atom is -0.327 e. The summed E-state index contributed by atoms with van der Waals surface area (Å²) in [4.78, 5) is 0. The first-order chi connectivity index (χ1) is 9.06. The van der Waals surface area contributed by atoms with Crippen LogP contribution in [0, 0.1) is 6.92 Å². The number of rotatable bonds is 4. The summed E-state index contributed by atoms with van der Waals surface area (Å²) in [5, 5.41) is 0.150. The van der Waals surface area contributed by atoms with Gasteiger partial charge >= 0.3 is 0 Å².